The lowest BCUT2D eigenvalue weighted by Gasteiger charge is -2.29. The Morgan fingerprint density at radius 3 is 2.28 bits per heavy atom. The van der Waals surface area contributed by atoms with Crippen LogP contribution in [0.25, 0.3) is 16.8 Å². The maximum atomic E-state index is 13.2. The van der Waals surface area contributed by atoms with Crippen LogP contribution in [-0.4, -0.2) is 54.4 Å². The van der Waals surface area contributed by atoms with Crippen molar-refractivity contribution in [2.75, 3.05) is 0 Å². The molecule has 32 heavy (non-hydrogen) atoms. The van der Waals surface area contributed by atoms with Crippen LogP contribution in [0.5, 0.6) is 0 Å². The normalized spacial score (nSPS) is 16.2. The number of carbonyl (C=O) groups excluding carboxylic acids is 1. The summed E-state index contributed by atoms with van der Waals surface area (Å²) in [5, 5.41) is 29.6. The van der Waals surface area contributed by atoms with Gasteiger partial charge < -0.3 is 15.3 Å². The van der Waals surface area contributed by atoms with Gasteiger partial charge in [-0.3, -0.25) is 19.3 Å². The Kier molecular flexibility index (Phi) is 6.95. The van der Waals surface area contributed by atoms with Gasteiger partial charge in [-0.1, -0.05) is 67.7 Å². The highest BCUT2D eigenvalue weighted by molar-refractivity contribution is 8.26. The summed E-state index contributed by atoms with van der Waals surface area (Å²) in [5.74, 6) is -6.63. The average Bonchev–Trinajstić information content (AvgIpc) is 2.99. The van der Waals surface area contributed by atoms with E-state index in [2.05, 4.69) is 0 Å². The van der Waals surface area contributed by atoms with E-state index in [1.807, 2.05) is 0 Å². The Morgan fingerprint density at radius 2 is 1.72 bits per heavy atom. The fraction of sp³-hybridized carbons (Fsp3) is 0.227. The molecule has 1 unspecified atom stereocenters. The van der Waals surface area contributed by atoms with Gasteiger partial charge in [0.25, 0.3) is 5.91 Å². The number of carbonyl (C=O) groups is 4. The molecule has 3 rings (SSSR count). The third kappa shape index (κ3) is 4.37. The van der Waals surface area contributed by atoms with E-state index in [1.165, 1.54) is 12.1 Å². The summed E-state index contributed by atoms with van der Waals surface area (Å²) in [5.41, 5.74) is 0.562. The summed E-state index contributed by atoms with van der Waals surface area (Å²) in [6.45, 7) is 1.75. The van der Waals surface area contributed by atoms with Crippen LogP contribution in [0, 0.1) is 5.92 Å². The summed E-state index contributed by atoms with van der Waals surface area (Å²) in [7, 11) is 0. The first-order valence-corrected chi connectivity index (χ1v) is 10.9. The van der Waals surface area contributed by atoms with Crippen molar-refractivity contribution < 1.29 is 34.5 Å². The number of rotatable bonds is 8. The molecule has 8 nitrogen and oxygen atoms in total. The number of fused-ring (bicyclic) bond motifs is 1. The van der Waals surface area contributed by atoms with E-state index in [0.717, 1.165) is 16.7 Å². The lowest BCUT2D eigenvalue weighted by Crippen LogP contribution is -2.48. The molecule has 1 atom stereocenters. The predicted molar refractivity (Wildman–Crippen MR) is 123 cm³/mol. The topological polar surface area (TPSA) is 132 Å². The molecule has 0 saturated carbocycles. The lowest BCUT2D eigenvalue weighted by molar-refractivity contribution is -0.157. The molecule has 1 saturated heterocycles. The first kappa shape index (κ1) is 23.4. The van der Waals surface area contributed by atoms with Crippen molar-refractivity contribution >= 4 is 69.0 Å². The standard InChI is InChI=1S/C22H19NO7S2/c1-2-5-14(17(20(27)28)21(29)30)23-18(24)15(32-22(23)31)10-12-8-3-6-11-7-4-9-13(16(11)12)19(25)26/h3-4,6-10,14,17H,2,5H2,1H3,(H,25,26)(H,27,28)(H,29,30). The van der Waals surface area contributed by atoms with Crippen molar-refractivity contribution in [3.8, 4) is 0 Å². The van der Waals surface area contributed by atoms with Gasteiger partial charge in [-0.05, 0) is 29.5 Å². The molecule has 0 aliphatic carbocycles. The third-order valence-corrected chi connectivity index (χ3v) is 6.44. The summed E-state index contributed by atoms with van der Waals surface area (Å²) < 4.78 is 0.0610. The number of nitrogens with zero attached hydrogens (tertiary/aromatic N) is 1. The lowest BCUT2D eigenvalue weighted by atomic mass is 9.94. The van der Waals surface area contributed by atoms with Crippen molar-refractivity contribution in [2.45, 2.75) is 25.8 Å². The second kappa shape index (κ2) is 9.49. The summed E-state index contributed by atoms with van der Waals surface area (Å²) in [6.07, 6.45) is 2.09. The highest BCUT2D eigenvalue weighted by Gasteiger charge is 2.45. The molecule has 3 N–H and O–H groups in total. The highest BCUT2D eigenvalue weighted by Crippen LogP contribution is 2.38. The molecule has 1 amide bonds. The van der Waals surface area contributed by atoms with E-state index in [0.29, 0.717) is 22.8 Å². The Bertz CT molecular complexity index is 1150. The van der Waals surface area contributed by atoms with Crippen LogP contribution in [0.3, 0.4) is 0 Å². The molecule has 0 aromatic heterocycles. The minimum atomic E-state index is -1.83. The van der Waals surface area contributed by atoms with E-state index in [1.54, 1.807) is 37.3 Å². The maximum Gasteiger partial charge on any atom is 0.336 e. The minimum absolute atomic E-state index is 0.0610. The van der Waals surface area contributed by atoms with Crippen LogP contribution < -0.4 is 0 Å². The third-order valence-electron chi connectivity index (χ3n) is 5.11. The van der Waals surface area contributed by atoms with Gasteiger partial charge in [-0.2, -0.15) is 0 Å². The Labute approximate surface area is 192 Å². The quantitative estimate of drug-likeness (QED) is 0.298. The molecule has 0 bridgehead atoms. The van der Waals surface area contributed by atoms with Crippen molar-refractivity contribution in [3.05, 3.63) is 52.4 Å². The Hall–Kier alpha value is -3.24. The SMILES string of the molecule is CCCC(C(C(=O)O)C(=O)O)N1C(=O)C(=Cc2cccc3cccc(C(=O)O)c23)SC1=S. The number of thiocarbonyl (C=S) groups is 1. The fourth-order valence-corrected chi connectivity index (χ4v) is 5.11. The number of carboxylic acid groups (broad SMARTS) is 3. The molecule has 2 aromatic rings. The number of benzene rings is 2. The van der Waals surface area contributed by atoms with E-state index < -0.39 is 35.8 Å². The van der Waals surface area contributed by atoms with Gasteiger partial charge in [0, 0.05) is 5.39 Å². The van der Waals surface area contributed by atoms with E-state index >= 15 is 0 Å². The smallest absolute Gasteiger partial charge is 0.336 e. The van der Waals surface area contributed by atoms with Crippen molar-refractivity contribution in [2.24, 2.45) is 5.92 Å². The van der Waals surface area contributed by atoms with Gasteiger partial charge in [-0.25, -0.2) is 4.79 Å². The first-order valence-electron chi connectivity index (χ1n) is 9.65. The average molecular weight is 474 g/mol. The number of amides is 1. The van der Waals surface area contributed by atoms with Crippen LogP contribution in [0.1, 0.15) is 35.7 Å². The monoisotopic (exact) mass is 473 g/mol. The van der Waals surface area contributed by atoms with Crippen LogP contribution in [-0.2, 0) is 14.4 Å². The van der Waals surface area contributed by atoms with Gasteiger partial charge >= 0.3 is 17.9 Å². The van der Waals surface area contributed by atoms with E-state index in [9.17, 15) is 34.5 Å². The van der Waals surface area contributed by atoms with Gasteiger partial charge in [0.05, 0.1) is 16.5 Å². The Morgan fingerprint density at radius 1 is 1.09 bits per heavy atom. The second-order valence-corrected chi connectivity index (χ2v) is 8.79. The second-order valence-electron chi connectivity index (χ2n) is 7.12. The molecule has 1 aliphatic heterocycles. The van der Waals surface area contributed by atoms with Crippen molar-refractivity contribution in [1.82, 2.24) is 4.90 Å². The molecule has 0 spiro atoms. The molecule has 2 aromatic carbocycles. The number of hydrogen-bond acceptors (Lipinski definition) is 6. The van der Waals surface area contributed by atoms with E-state index in [-0.39, 0.29) is 21.2 Å². The van der Waals surface area contributed by atoms with Crippen molar-refractivity contribution in [3.63, 3.8) is 0 Å². The number of aliphatic carboxylic acids is 2. The zero-order valence-corrected chi connectivity index (χ0v) is 18.5. The molecule has 1 heterocycles. The summed E-state index contributed by atoms with van der Waals surface area (Å²) in [6, 6.07) is 8.86. The number of carboxylic acids is 3. The molecule has 10 heteroatoms. The zero-order valence-electron chi connectivity index (χ0n) is 16.8. The summed E-state index contributed by atoms with van der Waals surface area (Å²) >= 11 is 6.23. The van der Waals surface area contributed by atoms with Gasteiger partial charge in [-0.15, -0.1) is 0 Å². The minimum Gasteiger partial charge on any atom is -0.481 e. The molecular formula is C22H19NO7S2. The zero-order chi connectivity index (χ0) is 23.6. The van der Waals surface area contributed by atoms with Crippen LogP contribution in [0.15, 0.2) is 41.3 Å². The van der Waals surface area contributed by atoms with E-state index in [4.69, 9.17) is 12.2 Å². The highest BCUT2D eigenvalue weighted by atomic mass is 32.2. The fourth-order valence-electron chi connectivity index (χ4n) is 3.75. The van der Waals surface area contributed by atoms with Gasteiger partial charge in [0.15, 0.2) is 5.92 Å². The number of aromatic carboxylic acids is 1. The number of hydrogen-bond donors (Lipinski definition) is 3. The largest absolute Gasteiger partial charge is 0.481 e. The van der Waals surface area contributed by atoms with Crippen LogP contribution >= 0.6 is 24.0 Å². The van der Waals surface area contributed by atoms with Crippen molar-refractivity contribution in [1.29, 1.82) is 0 Å². The molecule has 0 radical (unpaired) electrons. The molecule has 1 fully saturated rings. The Balaban J connectivity index is 2.08. The van der Waals surface area contributed by atoms with Gasteiger partial charge in [0.1, 0.15) is 4.32 Å². The first-order chi connectivity index (χ1) is 15.2. The predicted octanol–water partition coefficient (Wildman–Crippen LogP) is 3.69. The van der Waals surface area contributed by atoms with Crippen LogP contribution in [0.2, 0.25) is 0 Å². The number of thioether (sulfide) groups is 1. The molecular weight excluding hydrogens is 454 g/mol. The van der Waals surface area contributed by atoms with Crippen LogP contribution in [0.4, 0.5) is 0 Å². The molecule has 166 valence electrons. The summed E-state index contributed by atoms with van der Waals surface area (Å²) in [4.78, 5) is 49.3. The molecule has 1 aliphatic rings. The maximum absolute atomic E-state index is 13.2. The van der Waals surface area contributed by atoms with Gasteiger partial charge in [0.2, 0.25) is 0 Å².